The van der Waals surface area contributed by atoms with Gasteiger partial charge in [-0.1, -0.05) is 157 Å². The van der Waals surface area contributed by atoms with Crippen molar-refractivity contribution in [1.82, 2.24) is 57.2 Å². The third kappa shape index (κ3) is 22.3. The molecule has 10 heterocycles. The predicted octanol–water partition coefficient (Wildman–Crippen LogP) is 18.9. The molecule has 12 amide bonds. The van der Waals surface area contributed by atoms with E-state index in [-0.39, 0.29) is 164 Å². The Morgan fingerprint density at radius 2 is 0.653 bits per heavy atom. The van der Waals surface area contributed by atoms with Crippen LogP contribution in [0.15, 0.2) is 224 Å². The van der Waals surface area contributed by atoms with Crippen LogP contribution in [0.3, 0.4) is 0 Å². The van der Waals surface area contributed by atoms with Crippen LogP contribution in [0.5, 0.6) is 57.9 Å². The number of aromatic nitrogens is 6. The molecule has 7 aromatic carbocycles. The predicted molar refractivity (Wildman–Crippen MR) is 572 cm³/mol. The van der Waals surface area contributed by atoms with Crippen LogP contribution < -0.4 is 131 Å². The van der Waals surface area contributed by atoms with Gasteiger partial charge in [0.2, 0.25) is 29.5 Å². The lowest BCUT2D eigenvalue weighted by molar-refractivity contribution is -0.121. The minimum atomic E-state index is -0.685. The van der Waals surface area contributed by atoms with Crippen LogP contribution in [-0.4, -0.2) is 102 Å². The van der Waals surface area contributed by atoms with Crippen molar-refractivity contribution in [1.29, 1.82) is 0 Å². The molecule has 43 nitrogen and oxygen atoms in total. The fraction of sp³-hybridized carbons (Fsp3) is 0.200. The lowest BCUT2D eigenvalue weighted by Gasteiger charge is -2.31. The number of amides is 12. The molecule has 7 aliphatic heterocycles. The van der Waals surface area contributed by atoms with Gasteiger partial charge in [-0.15, -0.1) is 40.8 Å². The molecule has 9 aliphatic rings. The second-order valence-electron chi connectivity index (χ2n) is 34.8. The highest BCUT2D eigenvalue weighted by molar-refractivity contribution is 9.11. The summed E-state index contributed by atoms with van der Waals surface area (Å²) in [5.74, 6) is 3.58. The minimum absolute atomic E-state index is 0.00826. The first-order chi connectivity index (χ1) is 69.4. The average Bonchev–Trinajstić information content (AvgIpc) is 1.45. The first-order valence-electron chi connectivity index (χ1n) is 44.1. The average molecular weight is 2310 g/mol. The standard InChI is InChI=1S/C22H19Cl2N5O3.C20H17Cl2N5O3.C19H19ClN6O3.C17H16Br2N6O3.C17H16BrClN6O3/c1-11-19(25)28-29(21(31)26-11)12-8-15(23)18(16(24)9-12)32-13-4-5-17-14(10-13)22(20(30)27-17)6-2-3-7-22;1-9-17(23)26-27(19(29)24-9)10-6-13(21)16(14(22)7-10)30-11-4-5-15-12(8-11)20(2,3)18(28)25-15;1-8(2)12-6-15(23-24-18(12)27)29-16-11-5-4-10(11)14(7-13(16)20)26-19(28)22-9(3)17(21)25-26;2*1-7(2)10-6-13(22-23-16(10)26)28-14-11(18)4-9(5-12(14)19)25-17(27)21-8(3)15(20)24-25/h4-5,8-10H,1-3,6-7H2,(H2,25,28)(H,26,31)(H,27,30);4-8H,1H2,2-3H3,(H2,23,26)(H,24,29)(H,25,28);6-8H,3-5H2,1-2H3,(H2,21,25)(H,22,28)(H,24,27);2*4-7H,3H2,1-2H3,(H2,20,24)(H,21,27)(H,23,26). The number of anilines is 7. The molecule has 2 aliphatic carbocycles. The van der Waals surface area contributed by atoms with Crippen LogP contribution in [0, 0.1) is 0 Å². The number of nitrogens with zero attached hydrogens (tertiary/aromatic N) is 13. The Hall–Kier alpha value is -15.3. The number of benzene rings is 7. The summed E-state index contributed by atoms with van der Waals surface area (Å²) < 4.78 is 30.9. The Labute approximate surface area is 890 Å². The first-order valence-corrected chi connectivity index (χ1v) is 48.7. The van der Waals surface area contributed by atoms with Crippen molar-refractivity contribution in [2.75, 3.05) is 35.7 Å². The number of nitrogens with two attached hydrogens (primary N) is 5. The van der Waals surface area contributed by atoms with Gasteiger partial charge in [0.25, 0.3) is 16.7 Å². The Balaban J connectivity index is 0.000000138. The Morgan fingerprint density at radius 3 is 1.01 bits per heavy atom. The van der Waals surface area contributed by atoms with E-state index in [1.54, 1.807) is 66.7 Å². The van der Waals surface area contributed by atoms with Crippen molar-refractivity contribution in [2.45, 2.75) is 122 Å². The highest BCUT2D eigenvalue weighted by atomic mass is 79.9. The molecule has 19 rings (SSSR count). The molecule has 20 N–H and O–H groups in total. The molecule has 1 saturated carbocycles. The quantitative estimate of drug-likeness (QED) is 0.0379. The van der Waals surface area contributed by atoms with Crippen LogP contribution in [0.4, 0.5) is 63.8 Å². The van der Waals surface area contributed by atoms with Crippen molar-refractivity contribution >= 4 is 228 Å². The third-order valence-electron chi connectivity index (χ3n) is 23.5. The van der Waals surface area contributed by atoms with Crippen molar-refractivity contribution in [3.8, 4) is 57.9 Å². The van der Waals surface area contributed by atoms with E-state index in [0.717, 1.165) is 92.2 Å². The number of hydrazone groups is 5. The zero-order valence-electron chi connectivity index (χ0n) is 78.6. The molecule has 0 saturated heterocycles. The number of H-pyrrole nitrogens is 3. The van der Waals surface area contributed by atoms with E-state index in [1.807, 2.05) is 67.5 Å². The van der Waals surface area contributed by atoms with Gasteiger partial charge in [0.15, 0.2) is 57.9 Å². The van der Waals surface area contributed by atoms with Crippen LogP contribution in [0.2, 0.25) is 30.1 Å². The monoisotopic (exact) mass is 2310 g/mol. The van der Waals surface area contributed by atoms with Gasteiger partial charge in [0.05, 0.1) is 111 Å². The van der Waals surface area contributed by atoms with Gasteiger partial charge in [-0.05, 0) is 213 Å². The van der Waals surface area contributed by atoms with E-state index in [9.17, 15) is 47.9 Å². The molecular formula is C95H87Br3Cl6N28O15. The fourth-order valence-corrected chi connectivity index (χ4v) is 19.2. The van der Waals surface area contributed by atoms with Gasteiger partial charge in [-0.3, -0.25) is 24.0 Å². The third-order valence-corrected chi connectivity index (χ3v) is 27.0. The molecule has 3 aromatic heterocycles. The lowest BCUT2D eigenvalue weighted by Crippen LogP contribution is -2.46. The fourth-order valence-electron chi connectivity index (χ4n) is 15.6. The summed E-state index contributed by atoms with van der Waals surface area (Å²) in [7, 11) is 0. The van der Waals surface area contributed by atoms with Crippen molar-refractivity contribution < 1.29 is 57.2 Å². The molecular weight excluding hydrogens is 2230 g/mol. The van der Waals surface area contributed by atoms with Gasteiger partial charge in [-0.2, -0.15) is 25.0 Å². The van der Waals surface area contributed by atoms with Crippen molar-refractivity contribution in [2.24, 2.45) is 54.2 Å². The van der Waals surface area contributed by atoms with E-state index >= 15 is 0 Å². The molecule has 1 fully saturated rings. The van der Waals surface area contributed by atoms with Crippen molar-refractivity contribution in [3.05, 3.63) is 284 Å². The number of halogens is 9. The number of hydrogen-bond acceptors (Lipinski definition) is 28. The second kappa shape index (κ2) is 42.8. The zero-order chi connectivity index (χ0) is 106. The summed E-state index contributed by atoms with van der Waals surface area (Å²) in [5, 5.41) is 64.2. The van der Waals surface area contributed by atoms with Gasteiger partial charge in [0, 0.05) is 51.8 Å². The number of rotatable bonds is 18. The Kier molecular flexibility index (Phi) is 30.8. The van der Waals surface area contributed by atoms with Gasteiger partial charge >= 0.3 is 30.2 Å². The number of hydrogen-bond donors (Lipinski definition) is 15. The molecule has 147 heavy (non-hydrogen) atoms. The topological polar surface area (TPSA) is 595 Å². The summed E-state index contributed by atoms with van der Waals surface area (Å²) in [5.41, 5.74) is 36.5. The SMILES string of the molecule is C=C1NC(=O)N(c2cc(Br)c(Oc3cc(C(C)C)c(=O)[nH]n3)c(Br)c2)N=C1N.C=C1NC(=O)N(c2cc(Cl)c(Oc3cc(C(C)C)c(=O)[nH]n3)c(Br)c2)N=C1N.C=C1NC(=O)N(c2cc(Cl)c(Oc3cc(C(C)C)c(=O)[nH]n3)c3c2CC3)N=C1N.C=C1NC(=O)N(c2cc(Cl)c(Oc3ccc4c(c3)C(C)(C)C(=O)N4)c(Cl)c2)N=C1N.C=C1NC(=O)N(c2cc(Cl)c(Oc3ccc4c(c3)C3(CCCC3)C(=O)N4)c(Cl)c2)N=C1N. The largest absolute Gasteiger partial charge is 0.454 e. The summed E-state index contributed by atoms with van der Waals surface area (Å²) in [4.78, 5) is 121. The van der Waals surface area contributed by atoms with Gasteiger partial charge in [-0.25, -0.2) is 39.3 Å². The first kappa shape index (κ1) is 106. The van der Waals surface area contributed by atoms with E-state index < -0.39 is 41.0 Å². The molecule has 0 atom stereocenters. The summed E-state index contributed by atoms with van der Waals surface area (Å²) in [6, 6.07) is 26.8. The lowest BCUT2D eigenvalue weighted by atomic mass is 9.80. The summed E-state index contributed by atoms with van der Waals surface area (Å²) in [6.45, 7) is 33.1. The maximum absolute atomic E-state index is 12.6. The van der Waals surface area contributed by atoms with E-state index in [0.29, 0.717) is 86.6 Å². The van der Waals surface area contributed by atoms with E-state index in [1.165, 1.54) is 35.3 Å². The summed E-state index contributed by atoms with van der Waals surface area (Å²) >= 11 is 48.7. The highest BCUT2D eigenvalue weighted by Crippen LogP contribution is 2.53. The number of carbonyl (C=O) groups is 7. The van der Waals surface area contributed by atoms with Crippen LogP contribution in [-0.2, 0) is 33.3 Å². The Bertz CT molecular complexity index is 7450. The molecule has 10 aromatic rings. The maximum Gasteiger partial charge on any atom is 0.347 e. The van der Waals surface area contributed by atoms with E-state index in [4.69, 9.17) is 122 Å². The Morgan fingerprint density at radius 1 is 0.354 bits per heavy atom. The smallest absolute Gasteiger partial charge is 0.347 e. The second-order valence-corrected chi connectivity index (χ2v) is 39.8. The number of ether oxygens (including phenoxy) is 5. The van der Waals surface area contributed by atoms with Gasteiger partial charge in [0.1, 0.15) is 11.5 Å². The van der Waals surface area contributed by atoms with Crippen LogP contribution >= 0.6 is 117 Å². The minimum Gasteiger partial charge on any atom is -0.454 e. The van der Waals surface area contributed by atoms with Gasteiger partial charge < -0.3 is 89.6 Å². The molecule has 760 valence electrons. The summed E-state index contributed by atoms with van der Waals surface area (Å²) in [6.07, 6.45) is 5.12. The number of amidine groups is 5. The number of urea groups is 5. The molecule has 0 bridgehead atoms. The molecule has 0 unspecified atom stereocenters. The molecule has 52 heteroatoms. The molecule has 0 radical (unpaired) electrons. The normalized spacial score (nSPS) is 16.1. The number of aromatic amines is 3. The van der Waals surface area contributed by atoms with Crippen LogP contribution in [0.1, 0.15) is 138 Å². The maximum atomic E-state index is 12.6. The number of carbonyl (C=O) groups excluding carboxylic acids is 7. The highest BCUT2D eigenvalue weighted by Gasteiger charge is 2.49. The van der Waals surface area contributed by atoms with Crippen LogP contribution in [0.25, 0.3) is 0 Å². The molecule has 1 spiro atoms. The van der Waals surface area contributed by atoms with E-state index in [2.05, 4.69) is 174 Å². The zero-order valence-corrected chi connectivity index (χ0v) is 87.9. The number of nitrogens with one attached hydrogen (secondary N) is 10. The number of fused-ring (bicyclic) bond motifs is 4. The van der Waals surface area contributed by atoms with Crippen molar-refractivity contribution in [3.63, 3.8) is 0 Å².